The smallest absolute Gasteiger partial charge is 0.335 e. The van der Waals surface area contributed by atoms with E-state index in [0.717, 1.165) is 11.1 Å². The Morgan fingerprint density at radius 1 is 1.11 bits per heavy atom. The lowest BCUT2D eigenvalue weighted by Gasteiger charge is -2.30. The van der Waals surface area contributed by atoms with Crippen LogP contribution in [-0.4, -0.2) is 27.0 Å². The highest BCUT2D eigenvalue weighted by Gasteiger charge is 2.29. The number of ether oxygens (including phenoxy) is 1. The lowest BCUT2D eigenvalue weighted by Crippen LogP contribution is -2.39. The summed E-state index contributed by atoms with van der Waals surface area (Å²) in [7, 11) is -2.96. The van der Waals surface area contributed by atoms with Gasteiger partial charge in [0.15, 0.2) is 0 Å². The molecule has 0 spiro atoms. The van der Waals surface area contributed by atoms with E-state index in [0.29, 0.717) is 24.1 Å². The van der Waals surface area contributed by atoms with E-state index < -0.39 is 22.9 Å². The Morgan fingerprint density at radius 3 is 2.29 bits per heavy atom. The summed E-state index contributed by atoms with van der Waals surface area (Å²) in [6.07, 6.45) is 2.74. The van der Waals surface area contributed by atoms with Crippen LogP contribution >= 0.6 is 0 Å². The van der Waals surface area contributed by atoms with Crippen molar-refractivity contribution in [2.75, 3.05) is 10.9 Å². The summed E-state index contributed by atoms with van der Waals surface area (Å²) in [4.78, 5) is 12.5. The molecular weight excluding hydrogens is 374 g/mol. The molecule has 0 aliphatic rings. The maximum absolute atomic E-state index is 12.5. The molecule has 0 aromatic heterocycles. The molecule has 2 aromatic carbocycles. The summed E-state index contributed by atoms with van der Waals surface area (Å²) in [5.41, 5.74) is 2.99. The number of hydrogen-bond donors (Lipinski definition) is 1. The number of esters is 1. The molecule has 2 aromatic rings. The average Bonchev–Trinajstić information content (AvgIpc) is 2.68. The van der Waals surface area contributed by atoms with Crippen LogP contribution in [0.15, 0.2) is 66.2 Å². The summed E-state index contributed by atoms with van der Waals surface area (Å²) in [6.45, 7) is 5.63. The van der Waals surface area contributed by atoms with Gasteiger partial charge in [0.2, 0.25) is 10.9 Å². The van der Waals surface area contributed by atoms with Crippen LogP contribution in [-0.2, 0) is 26.8 Å². The highest BCUT2D eigenvalue weighted by atomic mass is 32.2. The Kier molecular flexibility index (Phi) is 8.26. The molecule has 0 aliphatic heterocycles. The molecule has 1 atom stereocenters. The third-order valence-electron chi connectivity index (χ3n) is 4.50. The number of carbonyl (C=O) groups is 1. The standard InChI is InChI=1S/C22H27NO4S/c1-4-20(22(24)27-5-2)21(16-13-18-9-7-6-8-10-18)23(28(25)26)19-14-11-17(3)12-15-19/h4,6-12,14-15,21,28H,5,13,16H2,1-3H3. The molecule has 2 rings (SSSR count). The molecule has 6 heteroatoms. The number of thiol groups is 1. The van der Waals surface area contributed by atoms with Crippen LogP contribution in [0.3, 0.4) is 0 Å². The van der Waals surface area contributed by atoms with Crippen LogP contribution in [0.25, 0.3) is 0 Å². The number of rotatable bonds is 9. The fraction of sp³-hybridized carbons (Fsp3) is 0.318. The van der Waals surface area contributed by atoms with Gasteiger partial charge >= 0.3 is 5.97 Å². The van der Waals surface area contributed by atoms with Crippen molar-refractivity contribution in [2.45, 2.75) is 39.7 Å². The summed E-state index contributed by atoms with van der Waals surface area (Å²) in [6, 6.07) is 16.4. The molecule has 0 fully saturated rings. The fourth-order valence-corrected chi connectivity index (χ4v) is 3.89. The number of benzene rings is 2. The highest BCUT2D eigenvalue weighted by Crippen LogP contribution is 2.26. The SMILES string of the molecule is CC=C(C(=O)OCC)C(CCc1ccccc1)N(c1ccc(C)cc1)[SH](=O)=O. The number of aryl methyl sites for hydroxylation is 2. The molecule has 1 unspecified atom stereocenters. The minimum atomic E-state index is -2.96. The number of hydrogen-bond acceptors (Lipinski definition) is 4. The normalized spacial score (nSPS) is 12.6. The lowest BCUT2D eigenvalue weighted by atomic mass is 9.98. The Balaban J connectivity index is 2.43. The maximum Gasteiger partial charge on any atom is 0.335 e. The van der Waals surface area contributed by atoms with Crippen LogP contribution in [0.4, 0.5) is 5.69 Å². The Hall–Kier alpha value is -2.60. The van der Waals surface area contributed by atoms with Crippen molar-refractivity contribution in [1.29, 1.82) is 0 Å². The Labute approximate surface area is 168 Å². The van der Waals surface area contributed by atoms with E-state index >= 15 is 0 Å². The van der Waals surface area contributed by atoms with Gasteiger partial charge in [0.25, 0.3) is 0 Å². The molecular formula is C22H27NO4S. The number of carbonyl (C=O) groups excluding carboxylic acids is 1. The minimum Gasteiger partial charge on any atom is -0.463 e. The first kappa shape index (κ1) is 21.7. The van der Waals surface area contributed by atoms with Gasteiger partial charge in [-0.15, -0.1) is 0 Å². The summed E-state index contributed by atoms with van der Waals surface area (Å²) in [5, 5.41) is 0. The van der Waals surface area contributed by atoms with E-state index in [9.17, 15) is 13.2 Å². The van der Waals surface area contributed by atoms with Gasteiger partial charge < -0.3 is 4.74 Å². The minimum absolute atomic E-state index is 0.232. The second-order valence-corrected chi connectivity index (χ2v) is 7.33. The monoisotopic (exact) mass is 401 g/mol. The van der Waals surface area contributed by atoms with E-state index in [1.165, 1.54) is 4.31 Å². The van der Waals surface area contributed by atoms with Gasteiger partial charge in [-0.1, -0.05) is 54.1 Å². The third kappa shape index (κ3) is 5.70. The van der Waals surface area contributed by atoms with E-state index in [4.69, 9.17) is 4.74 Å². The van der Waals surface area contributed by atoms with Gasteiger partial charge in [0, 0.05) is 0 Å². The van der Waals surface area contributed by atoms with Gasteiger partial charge in [-0.25, -0.2) is 13.2 Å². The van der Waals surface area contributed by atoms with Crippen molar-refractivity contribution in [3.8, 4) is 0 Å². The molecule has 5 nitrogen and oxygen atoms in total. The highest BCUT2D eigenvalue weighted by molar-refractivity contribution is 7.74. The van der Waals surface area contributed by atoms with Gasteiger partial charge in [-0.05, 0) is 51.3 Å². The third-order valence-corrected chi connectivity index (χ3v) is 5.36. The molecule has 0 saturated heterocycles. The lowest BCUT2D eigenvalue weighted by molar-refractivity contribution is -0.138. The van der Waals surface area contributed by atoms with E-state index in [1.807, 2.05) is 49.4 Å². The second-order valence-electron chi connectivity index (χ2n) is 6.42. The quantitative estimate of drug-likeness (QED) is 0.394. The van der Waals surface area contributed by atoms with Crippen LogP contribution in [0.1, 0.15) is 31.4 Å². The summed E-state index contributed by atoms with van der Waals surface area (Å²) < 4.78 is 30.9. The second kappa shape index (κ2) is 10.7. The van der Waals surface area contributed by atoms with E-state index in [2.05, 4.69) is 0 Å². The van der Waals surface area contributed by atoms with Crippen LogP contribution < -0.4 is 4.31 Å². The van der Waals surface area contributed by atoms with Crippen LogP contribution in [0, 0.1) is 6.92 Å². The average molecular weight is 402 g/mol. The van der Waals surface area contributed by atoms with Crippen molar-refractivity contribution in [2.24, 2.45) is 0 Å². The van der Waals surface area contributed by atoms with Crippen LogP contribution in [0.2, 0.25) is 0 Å². The van der Waals surface area contributed by atoms with E-state index in [1.54, 1.807) is 32.1 Å². The Morgan fingerprint density at radius 2 is 1.75 bits per heavy atom. The largest absolute Gasteiger partial charge is 0.463 e. The maximum atomic E-state index is 12.5. The topological polar surface area (TPSA) is 63.7 Å². The molecule has 150 valence electrons. The molecule has 0 amide bonds. The molecule has 0 aliphatic carbocycles. The molecule has 0 saturated carbocycles. The number of allylic oxidation sites excluding steroid dienone is 1. The zero-order valence-electron chi connectivity index (χ0n) is 16.5. The predicted molar refractivity (Wildman–Crippen MR) is 113 cm³/mol. The summed E-state index contributed by atoms with van der Waals surface area (Å²) >= 11 is 0. The van der Waals surface area contributed by atoms with Gasteiger partial charge in [0.1, 0.15) is 0 Å². The van der Waals surface area contributed by atoms with Gasteiger partial charge in [-0.2, -0.15) is 0 Å². The van der Waals surface area contributed by atoms with Crippen molar-refractivity contribution in [1.82, 2.24) is 0 Å². The van der Waals surface area contributed by atoms with Crippen LogP contribution in [0.5, 0.6) is 0 Å². The first-order chi connectivity index (χ1) is 13.5. The van der Waals surface area contributed by atoms with Crippen molar-refractivity contribution in [3.05, 3.63) is 77.4 Å². The predicted octanol–water partition coefficient (Wildman–Crippen LogP) is 3.84. The molecule has 0 N–H and O–H groups in total. The zero-order chi connectivity index (χ0) is 20.5. The number of nitrogens with zero attached hydrogens (tertiary/aromatic N) is 1. The van der Waals surface area contributed by atoms with Gasteiger partial charge in [-0.3, -0.25) is 4.31 Å². The number of anilines is 1. The molecule has 0 radical (unpaired) electrons. The molecule has 0 heterocycles. The Bertz CT molecular complexity index is 865. The van der Waals surface area contributed by atoms with Crippen molar-refractivity contribution >= 4 is 22.5 Å². The molecule has 0 bridgehead atoms. The fourth-order valence-electron chi connectivity index (χ4n) is 3.10. The van der Waals surface area contributed by atoms with Crippen molar-refractivity contribution in [3.63, 3.8) is 0 Å². The zero-order valence-corrected chi connectivity index (χ0v) is 17.4. The first-order valence-corrected chi connectivity index (χ1v) is 10.5. The van der Waals surface area contributed by atoms with Gasteiger partial charge in [0.05, 0.1) is 23.9 Å². The summed E-state index contributed by atoms with van der Waals surface area (Å²) in [5.74, 6) is -0.489. The molecule has 28 heavy (non-hydrogen) atoms. The van der Waals surface area contributed by atoms with E-state index in [-0.39, 0.29) is 6.61 Å². The first-order valence-electron chi connectivity index (χ1n) is 9.35. The van der Waals surface area contributed by atoms with Crippen molar-refractivity contribution < 1.29 is 17.9 Å².